The van der Waals surface area contributed by atoms with Gasteiger partial charge in [0.1, 0.15) is 0 Å². The van der Waals surface area contributed by atoms with Crippen LogP contribution < -0.4 is 4.74 Å². The summed E-state index contributed by atoms with van der Waals surface area (Å²) in [7, 11) is 0. The molecule has 6 nitrogen and oxygen atoms in total. The number of rotatable bonds is 3. The van der Waals surface area contributed by atoms with Gasteiger partial charge in [0.05, 0.1) is 11.0 Å². The van der Waals surface area contributed by atoms with Crippen molar-refractivity contribution in [3.8, 4) is 10.9 Å². The Morgan fingerprint density at radius 2 is 2.22 bits per heavy atom. The topological polar surface area (TPSA) is 78.2 Å². The fourth-order valence-electron chi connectivity index (χ4n) is 1.25. The van der Waals surface area contributed by atoms with E-state index in [1.54, 1.807) is 0 Å². The van der Waals surface area contributed by atoms with Gasteiger partial charge < -0.3 is 4.74 Å². The van der Waals surface area contributed by atoms with E-state index in [0.717, 1.165) is 17.4 Å². The van der Waals surface area contributed by atoms with E-state index in [0.29, 0.717) is 9.48 Å². The highest BCUT2D eigenvalue weighted by Gasteiger charge is 2.17. The fourth-order valence-corrected chi connectivity index (χ4v) is 2.18. The van der Waals surface area contributed by atoms with Crippen LogP contribution in [-0.2, 0) is 0 Å². The van der Waals surface area contributed by atoms with Gasteiger partial charge in [-0.15, -0.1) is 5.10 Å². The molecule has 0 amide bonds. The smallest absolute Gasteiger partial charge is 0.300 e. The van der Waals surface area contributed by atoms with E-state index in [9.17, 15) is 14.5 Å². The van der Waals surface area contributed by atoms with Gasteiger partial charge in [-0.2, -0.15) is 0 Å². The van der Waals surface area contributed by atoms with Crippen molar-refractivity contribution in [2.24, 2.45) is 0 Å². The van der Waals surface area contributed by atoms with Gasteiger partial charge in [-0.25, -0.2) is 4.39 Å². The molecule has 0 bridgehead atoms. The molecule has 0 unspecified atom stereocenters. The third-order valence-corrected chi connectivity index (χ3v) is 3.26. The summed E-state index contributed by atoms with van der Waals surface area (Å²) in [5.41, 5.74) is 0.0123. The van der Waals surface area contributed by atoms with Crippen molar-refractivity contribution < 1.29 is 14.1 Å². The number of nitro benzene ring substituents is 1. The van der Waals surface area contributed by atoms with Crippen molar-refractivity contribution in [2.75, 3.05) is 0 Å². The Morgan fingerprint density at radius 1 is 1.50 bits per heavy atom. The maximum atomic E-state index is 13.6. The highest BCUT2D eigenvalue weighted by Crippen LogP contribution is 2.32. The highest BCUT2D eigenvalue weighted by atomic mass is 79.9. The molecule has 0 spiro atoms. The number of aromatic nitrogens is 2. The summed E-state index contributed by atoms with van der Waals surface area (Å²) in [5, 5.41) is 18.0. The van der Waals surface area contributed by atoms with Crippen molar-refractivity contribution in [3.05, 3.63) is 37.5 Å². The molecule has 0 atom stereocenters. The molecular weight excluding hydrogens is 329 g/mol. The fraction of sp³-hybridized carbons (Fsp3) is 0.111. The molecule has 0 radical (unpaired) electrons. The first-order valence-corrected chi connectivity index (χ1v) is 6.19. The van der Waals surface area contributed by atoms with Gasteiger partial charge in [-0.05, 0) is 40.3 Å². The second-order valence-electron chi connectivity index (χ2n) is 3.25. The highest BCUT2D eigenvalue weighted by molar-refractivity contribution is 9.11. The molecule has 0 saturated carbocycles. The second kappa shape index (κ2) is 4.94. The number of halogens is 2. The number of nitrogens with zero attached hydrogens (tertiary/aromatic N) is 3. The molecule has 2 aromatic rings. The van der Waals surface area contributed by atoms with Crippen LogP contribution in [0.15, 0.2) is 16.0 Å². The van der Waals surface area contributed by atoms with Crippen LogP contribution in [0.1, 0.15) is 5.56 Å². The summed E-state index contributed by atoms with van der Waals surface area (Å²) in [4.78, 5) is 9.97. The van der Waals surface area contributed by atoms with Crippen LogP contribution in [0.5, 0.6) is 10.9 Å². The van der Waals surface area contributed by atoms with Gasteiger partial charge in [0, 0.05) is 5.56 Å². The molecule has 2 rings (SSSR count). The van der Waals surface area contributed by atoms with Crippen LogP contribution in [0.2, 0.25) is 0 Å². The number of hydrogen-bond donors (Lipinski definition) is 0. The Morgan fingerprint density at radius 3 is 2.78 bits per heavy atom. The maximum absolute atomic E-state index is 13.6. The van der Waals surface area contributed by atoms with E-state index in [1.165, 1.54) is 13.0 Å². The Balaban J connectivity index is 2.35. The third-order valence-electron chi connectivity index (χ3n) is 2.03. The minimum atomic E-state index is -0.821. The molecular formula is C9H5BrFN3O3S. The largest absolute Gasteiger partial charge is 0.427 e. The Hall–Kier alpha value is -1.61. The van der Waals surface area contributed by atoms with E-state index in [2.05, 4.69) is 26.1 Å². The van der Waals surface area contributed by atoms with Crippen LogP contribution in [0.4, 0.5) is 10.1 Å². The van der Waals surface area contributed by atoms with Gasteiger partial charge in [0.2, 0.25) is 0 Å². The number of aryl methyl sites for hydroxylation is 1. The SMILES string of the molecule is Cc1cc(Oc2nnc(Br)s2)c(F)cc1[N+](=O)[O-]. The van der Waals surface area contributed by atoms with Crippen molar-refractivity contribution in [1.82, 2.24) is 10.2 Å². The average molecular weight is 334 g/mol. The first kappa shape index (κ1) is 12.8. The standard InChI is InChI=1S/C9H5BrFN3O3S/c1-4-2-7(5(11)3-6(4)14(15)16)17-9-13-12-8(10)18-9/h2-3H,1H3. The van der Waals surface area contributed by atoms with Gasteiger partial charge in [0.25, 0.3) is 10.9 Å². The first-order valence-electron chi connectivity index (χ1n) is 4.59. The number of benzene rings is 1. The van der Waals surface area contributed by atoms with Gasteiger partial charge in [0.15, 0.2) is 15.5 Å². The summed E-state index contributed by atoms with van der Waals surface area (Å²) in [6, 6.07) is 2.07. The third kappa shape index (κ3) is 2.62. The molecule has 0 aliphatic heterocycles. The predicted molar refractivity (Wildman–Crippen MR) is 65.5 cm³/mol. The van der Waals surface area contributed by atoms with Crippen molar-refractivity contribution in [3.63, 3.8) is 0 Å². The summed E-state index contributed by atoms with van der Waals surface area (Å²) in [6.07, 6.45) is 0. The Labute approximate surface area is 113 Å². The normalized spacial score (nSPS) is 10.4. The molecule has 18 heavy (non-hydrogen) atoms. The lowest BCUT2D eigenvalue weighted by atomic mass is 10.2. The molecule has 1 aromatic heterocycles. The van der Waals surface area contributed by atoms with Gasteiger partial charge >= 0.3 is 0 Å². The van der Waals surface area contributed by atoms with Crippen LogP contribution in [0.25, 0.3) is 0 Å². The summed E-state index contributed by atoms with van der Waals surface area (Å²) in [6.45, 7) is 1.50. The second-order valence-corrected chi connectivity index (χ2v) is 5.47. The van der Waals surface area contributed by atoms with Crippen LogP contribution >= 0.6 is 27.3 Å². The van der Waals surface area contributed by atoms with Gasteiger partial charge in [-0.1, -0.05) is 5.10 Å². The zero-order valence-electron chi connectivity index (χ0n) is 8.89. The summed E-state index contributed by atoms with van der Waals surface area (Å²) in [5.74, 6) is -0.944. The van der Waals surface area contributed by atoms with Crippen LogP contribution in [0, 0.1) is 22.9 Å². The molecule has 1 aromatic carbocycles. The lowest BCUT2D eigenvalue weighted by molar-refractivity contribution is -0.385. The van der Waals surface area contributed by atoms with Crippen LogP contribution in [0.3, 0.4) is 0 Å². The van der Waals surface area contributed by atoms with E-state index < -0.39 is 10.7 Å². The molecule has 0 saturated heterocycles. The van der Waals surface area contributed by atoms with Crippen molar-refractivity contribution in [2.45, 2.75) is 6.92 Å². The zero-order chi connectivity index (χ0) is 13.3. The Bertz CT molecular complexity index is 619. The number of nitro groups is 1. The van der Waals surface area contributed by atoms with Crippen LogP contribution in [-0.4, -0.2) is 15.1 Å². The molecule has 1 heterocycles. The lowest BCUT2D eigenvalue weighted by Crippen LogP contribution is -1.95. The number of hydrogen-bond acceptors (Lipinski definition) is 6. The van der Waals surface area contributed by atoms with Gasteiger partial charge in [-0.3, -0.25) is 10.1 Å². The summed E-state index contributed by atoms with van der Waals surface area (Å²) < 4.78 is 19.3. The van der Waals surface area contributed by atoms with E-state index in [1.807, 2.05) is 0 Å². The molecule has 9 heteroatoms. The van der Waals surface area contributed by atoms with E-state index in [-0.39, 0.29) is 16.6 Å². The number of ether oxygens (including phenoxy) is 1. The minimum absolute atomic E-state index is 0.123. The maximum Gasteiger partial charge on any atom is 0.300 e. The Kier molecular flexibility index (Phi) is 3.53. The molecule has 0 fully saturated rings. The van der Waals surface area contributed by atoms with E-state index >= 15 is 0 Å². The minimum Gasteiger partial charge on any atom is -0.427 e. The quantitative estimate of drug-likeness (QED) is 0.635. The van der Waals surface area contributed by atoms with E-state index in [4.69, 9.17) is 4.74 Å². The van der Waals surface area contributed by atoms with Crippen molar-refractivity contribution >= 4 is 33.0 Å². The van der Waals surface area contributed by atoms with Crippen molar-refractivity contribution in [1.29, 1.82) is 0 Å². The summed E-state index contributed by atoms with van der Waals surface area (Å²) >= 11 is 4.17. The zero-order valence-corrected chi connectivity index (χ0v) is 11.3. The predicted octanol–water partition coefficient (Wildman–Crippen LogP) is 3.45. The first-order chi connectivity index (χ1) is 8.47. The lowest BCUT2D eigenvalue weighted by Gasteiger charge is -2.04. The monoisotopic (exact) mass is 333 g/mol. The average Bonchev–Trinajstić information content (AvgIpc) is 2.68. The molecule has 94 valence electrons. The molecule has 0 N–H and O–H groups in total. The molecule has 0 aliphatic rings. The molecule has 0 aliphatic carbocycles.